The van der Waals surface area contributed by atoms with Crippen molar-refractivity contribution < 1.29 is 9.53 Å². The first-order valence-electron chi connectivity index (χ1n) is 8.57. The molecule has 0 heterocycles. The quantitative estimate of drug-likeness (QED) is 0.876. The van der Waals surface area contributed by atoms with Crippen LogP contribution in [0.2, 0.25) is 0 Å². The van der Waals surface area contributed by atoms with Gasteiger partial charge in [-0.15, -0.1) is 0 Å². The lowest BCUT2D eigenvalue weighted by molar-refractivity contribution is -0.133. The first-order chi connectivity index (χ1) is 11.0. The van der Waals surface area contributed by atoms with Crippen LogP contribution in [0.4, 0.5) is 0 Å². The Labute approximate surface area is 140 Å². The van der Waals surface area contributed by atoms with Crippen LogP contribution in [0.1, 0.15) is 49.7 Å². The molecule has 4 nitrogen and oxygen atoms in total. The first-order valence-corrected chi connectivity index (χ1v) is 8.57. The van der Waals surface area contributed by atoms with E-state index in [1.807, 2.05) is 31.0 Å². The molecule has 128 valence electrons. The van der Waals surface area contributed by atoms with Gasteiger partial charge in [0.25, 0.3) is 0 Å². The monoisotopic (exact) mass is 318 g/mol. The molecule has 2 N–H and O–H groups in total. The van der Waals surface area contributed by atoms with Gasteiger partial charge in [0.1, 0.15) is 5.75 Å². The van der Waals surface area contributed by atoms with Crippen molar-refractivity contribution in [3.8, 4) is 5.75 Å². The van der Waals surface area contributed by atoms with E-state index in [2.05, 4.69) is 6.07 Å². The molecular formula is C19H30N2O2. The minimum Gasteiger partial charge on any atom is -0.496 e. The summed E-state index contributed by atoms with van der Waals surface area (Å²) in [6, 6.07) is 6.07. The maximum absolute atomic E-state index is 12.6. The number of amides is 1. The van der Waals surface area contributed by atoms with E-state index in [0.29, 0.717) is 19.5 Å². The average molecular weight is 318 g/mol. The van der Waals surface area contributed by atoms with E-state index in [9.17, 15) is 4.79 Å². The number of ether oxygens (including phenoxy) is 1. The molecule has 23 heavy (non-hydrogen) atoms. The number of benzene rings is 1. The molecule has 1 saturated carbocycles. The largest absolute Gasteiger partial charge is 0.496 e. The van der Waals surface area contributed by atoms with Crippen LogP contribution in [-0.4, -0.2) is 31.5 Å². The predicted molar refractivity (Wildman–Crippen MR) is 93.4 cm³/mol. The Bertz CT molecular complexity index is 536. The molecule has 4 heteroatoms. The van der Waals surface area contributed by atoms with Crippen LogP contribution < -0.4 is 10.5 Å². The number of nitrogens with zero attached hydrogens (tertiary/aromatic N) is 1. The van der Waals surface area contributed by atoms with Gasteiger partial charge in [-0.2, -0.15) is 0 Å². The van der Waals surface area contributed by atoms with Crippen LogP contribution in [0.15, 0.2) is 18.2 Å². The van der Waals surface area contributed by atoms with Crippen molar-refractivity contribution in [2.45, 2.75) is 52.0 Å². The van der Waals surface area contributed by atoms with Gasteiger partial charge in [-0.1, -0.05) is 31.4 Å². The standard InChI is InChI=1S/C19H30N2O2/c1-15-11-16(7-8-17(15)23-3)13-21(2)18(22)12-19(14-20)9-5-4-6-10-19/h7-8,11H,4-6,9-10,12-14,20H2,1-3H3. The summed E-state index contributed by atoms with van der Waals surface area (Å²) >= 11 is 0. The van der Waals surface area contributed by atoms with Crippen LogP contribution in [0.25, 0.3) is 0 Å². The summed E-state index contributed by atoms with van der Waals surface area (Å²) in [7, 11) is 3.56. The van der Waals surface area contributed by atoms with E-state index in [1.54, 1.807) is 7.11 Å². The summed E-state index contributed by atoms with van der Waals surface area (Å²) in [5, 5.41) is 0. The molecule has 0 unspecified atom stereocenters. The minimum atomic E-state index is 0.0272. The van der Waals surface area contributed by atoms with Crippen LogP contribution in [0.5, 0.6) is 5.75 Å². The summed E-state index contributed by atoms with van der Waals surface area (Å²) in [5.41, 5.74) is 8.26. The molecular weight excluding hydrogens is 288 g/mol. The fraction of sp³-hybridized carbons (Fsp3) is 0.632. The van der Waals surface area contributed by atoms with Gasteiger partial charge in [-0.3, -0.25) is 4.79 Å². The number of aryl methyl sites for hydroxylation is 1. The number of hydrogen-bond acceptors (Lipinski definition) is 3. The lowest BCUT2D eigenvalue weighted by atomic mass is 9.71. The minimum absolute atomic E-state index is 0.0272. The van der Waals surface area contributed by atoms with Gasteiger partial charge >= 0.3 is 0 Å². The summed E-state index contributed by atoms with van der Waals surface area (Å²) < 4.78 is 5.29. The second-order valence-electron chi connectivity index (χ2n) is 7.00. The van der Waals surface area contributed by atoms with E-state index in [1.165, 1.54) is 19.3 Å². The zero-order valence-corrected chi connectivity index (χ0v) is 14.7. The molecule has 1 aliphatic carbocycles. The number of methoxy groups -OCH3 is 1. The number of carbonyl (C=O) groups excluding carboxylic acids is 1. The van der Waals surface area contributed by atoms with Crippen molar-refractivity contribution in [1.82, 2.24) is 4.90 Å². The Morgan fingerprint density at radius 2 is 2.00 bits per heavy atom. The first kappa shape index (κ1) is 17.8. The topological polar surface area (TPSA) is 55.6 Å². The Kier molecular flexibility index (Phi) is 6.05. The highest BCUT2D eigenvalue weighted by molar-refractivity contribution is 5.76. The Morgan fingerprint density at radius 3 is 2.57 bits per heavy atom. The average Bonchev–Trinajstić information content (AvgIpc) is 2.55. The molecule has 0 aromatic heterocycles. The van der Waals surface area contributed by atoms with Crippen molar-refractivity contribution in [3.63, 3.8) is 0 Å². The summed E-state index contributed by atoms with van der Waals surface area (Å²) in [6.07, 6.45) is 6.43. The molecule has 0 saturated heterocycles. The molecule has 2 rings (SSSR count). The van der Waals surface area contributed by atoms with E-state index in [-0.39, 0.29) is 11.3 Å². The highest BCUT2D eigenvalue weighted by Crippen LogP contribution is 2.38. The Balaban J connectivity index is 1.98. The molecule has 1 aromatic rings. The third-order valence-electron chi connectivity index (χ3n) is 5.18. The van der Waals surface area contributed by atoms with E-state index in [0.717, 1.165) is 29.7 Å². The zero-order valence-electron chi connectivity index (χ0n) is 14.7. The van der Waals surface area contributed by atoms with Gasteiger partial charge in [-0.25, -0.2) is 0 Å². The summed E-state index contributed by atoms with van der Waals surface area (Å²) in [5.74, 6) is 1.08. The zero-order chi connectivity index (χ0) is 16.9. The lowest BCUT2D eigenvalue weighted by Gasteiger charge is -2.36. The number of hydrogen-bond donors (Lipinski definition) is 1. The molecule has 0 bridgehead atoms. The Hall–Kier alpha value is -1.55. The maximum Gasteiger partial charge on any atom is 0.223 e. The van der Waals surface area contributed by atoms with Gasteiger partial charge in [0, 0.05) is 20.0 Å². The highest BCUT2D eigenvalue weighted by Gasteiger charge is 2.33. The number of carbonyl (C=O) groups is 1. The van der Waals surface area contributed by atoms with Crippen molar-refractivity contribution in [3.05, 3.63) is 29.3 Å². The van der Waals surface area contributed by atoms with Crippen molar-refractivity contribution >= 4 is 5.91 Å². The molecule has 1 amide bonds. The van der Waals surface area contributed by atoms with Gasteiger partial charge in [0.15, 0.2) is 0 Å². The molecule has 0 aliphatic heterocycles. The fourth-order valence-corrected chi connectivity index (χ4v) is 3.61. The van der Waals surface area contributed by atoms with Crippen LogP contribution in [0, 0.1) is 12.3 Å². The fourth-order valence-electron chi connectivity index (χ4n) is 3.61. The molecule has 0 radical (unpaired) electrons. The third-order valence-corrected chi connectivity index (χ3v) is 5.18. The van der Waals surface area contributed by atoms with E-state index in [4.69, 9.17) is 10.5 Å². The predicted octanol–water partition coefficient (Wildman–Crippen LogP) is 3.26. The maximum atomic E-state index is 12.6. The summed E-state index contributed by atoms with van der Waals surface area (Å²) in [6.45, 7) is 3.27. The number of rotatable bonds is 6. The SMILES string of the molecule is COc1ccc(CN(C)C(=O)CC2(CN)CCCCC2)cc1C. The van der Waals surface area contributed by atoms with Crippen molar-refractivity contribution in [1.29, 1.82) is 0 Å². The second-order valence-corrected chi connectivity index (χ2v) is 7.00. The molecule has 0 atom stereocenters. The van der Waals surface area contributed by atoms with Crippen molar-refractivity contribution in [2.24, 2.45) is 11.1 Å². The molecule has 1 aromatic carbocycles. The molecule has 0 spiro atoms. The van der Waals surface area contributed by atoms with Gasteiger partial charge in [0.2, 0.25) is 5.91 Å². The molecule has 1 fully saturated rings. The van der Waals surface area contributed by atoms with Gasteiger partial charge in [0.05, 0.1) is 7.11 Å². The summed E-state index contributed by atoms with van der Waals surface area (Å²) in [4.78, 5) is 14.5. The van der Waals surface area contributed by atoms with Gasteiger partial charge < -0.3 is 15.4 Å². The number of nitrogens with two attached hydrogens (primary N) is 1. The normalized spacial score (nSPS) is 16.9. The van der Waals surface area contributed by atoms with Crippen LogP contribution in [0.3, 0.4) is 0 Å². The van der Waals surface area contributed by atoms with E-state index >= 15 is 0 Å². The Morgan fingerprint density at radius 1 is 1.30 bits per heavy atom. The van der Waals surface area contributed by atoms with Crippen molar-refractivity contribution in [2.75, 3.05) is 20.7 Å². The van der Waals surface area contributed by atoms with E-state index < -0.39 is 0 Å². The molecule has 1 aliphatic rings. The van der Waals surface area contributed by atoms with Crippen LogP contribution in [-0.2, 0) is 11.3 Å². The second kappa shape index (κ2) is 7.82. The lowest BCUT2D eigenvalue weighted by Crippen LogP contribution is -2.39. The van der Waals surface area contributed by atoms with Crippen LogP contribution >= 0.6 is 0 Å². The smallest absolute Gasteiger partial charge is 0.223 e. The third kappa shape index (κ3) is 4.47. The van der Waals surface area contributed by atoms with Gasteiger partial charge in [-0.05, 0) is 48.9 Å². The highest BCUT2D eigenvalue weighted by atomic mass is 16.5.